The minimum absolute atomic E-state index is 0.0956. The molecule has 0 bridgehead atoms. The first-order valence-corrected chi connectivity index (χ1v) is 5.78. The van der Waals surface area contributed by atoms with Crippen molar-refractivity contribution in [2.45, 2.75) is 6.42 Å². The van der Waals surface area contributed by atoms with E-state index in [0.717, 1.165) is 12.1 Å². The molecule has 1 aliphatic heterocycles. The van der Waals surface area contributed by atoms with Crippen LogP contribution in [0.4, 0.5) is 5.69 Å². The molecule has 1 heterocycles. The fraction of sp³-hybridized carbons (Fsp3) is 0.462. The highest BCUT2D eigenvalue weighted by molar-refractivity contribution is 5.75. The second-order valence-electron chi connectivity index (χ2n) is 4.10. The van der Waals surface area contributed by atoms with Crippen LogP contribution in [0.5, 0.6) is 0 Å². The summed E-state index contributed by atoms with van der Waals surface area (Å²) in [5.41, 5.74) is 2.29. The number of nitrogens with one attached hydrogen (secondary N) is 1. The van der Waals surface area contributed by atoms with Crippen LogP contribution in [0, 0.1) is 5.92 Å². The Morgan fingerprint density at radius 1 is 1.41 bits per heavy atom. The first-order valence-electron chi connectivity index (χ1n) is 5.78. The number of hydrogen-bond donors (Lipinski definition) is 1. The third kappa shape index (κ3) is 2.97. The van der Waals surface area contributed by atoms with Crippen LogP contribution >= 0.6 is 0 Å². The summed E-state index contributed by atoms with van der Waals surface area (Å²) in [6, 6.07) is 8.04. The van der Waals surface area contributed by atoms with Crippen molar-refractivity contribution in [1.29, 1.82) is 0 Å². The van der Waals surface area contributed by atoms with Gasteiger partial charge in [0.1, 0.15) is 6.61 Å². The molecule has 0 fully saturated rings. The van der Waals surface area contributed by atoms with E-state index >= 15 is 0 Å². The maximum absolute atomic E-state index is 11.8. The van der Waals surface area contributed by atoms with Gasteiger partial charge >= 0.3 is 5.97 Å². The summed E-state index contributed by atoms with van der Waals surface area (Å²) < 4.78 is 9.98. The van der Waals surface area contributed by atoms with Crippen LogP contribution < -0.4 is 5.32 Å². The fourth-order valence-electron chi connectivity index (χ4n) is 1.95. The van der Waals surface area contributed by atoms with Gasteiger partial charge in [0.2, 0.25) is 0 Å². The van der Waals surface area contributed by atoms with Gasteiger partial charge in [0.15, 0.2) is 0 Å². The predicted molar refractivity (Wildman–Crippen MR) is 65.0 cm³/mol. The predicted octanol–water partition coefficient (Wildman–Crippen LogP) is 1.46. The molecule has 1 aliphatic rings. The van der Waals surface area contributed by atoms with Gasteiger partial charge in [-0.05, 0) is 18.1 Å². The van der Waals surface area contributed by atoms with E-state index in [1.165, 1.54) is 5.56 Å². The van der Waals surface area contributed by atoms with Gasteiger partial charge in [0.25, 0.3) is 0 Å². The lowest BCUT2D eigenvalue weighted by atomic mass is 9.94. The van der Waals surface area contributed by atoms with E-state index in [-0.39, 0.29) is 11.9 Å². The van der Waals surface area contributed by atoms with E-state index in [2.05, 4.69) is 5.32 Å². The Kier molecular flexibility index (Phi) is 3.98. The Morgan fingerprint density at radius 3 is 3.06 bits per heavy atom. The Hall–Kier alpha value is -1.55. The molecule has 17 heavy (non-hydrogen) atoms. The number of benzene rings is 1. The number of hydrogen-bond acceptors (Lipinski definition) is 4. The molecule has 0 amide bonds. The van der Waals surface area contributed by atoms with Crippen molar-refractivity contribution in [3.05, 3.63) is 29.8 Å². The van der Waals surface area contributed by atoms with Gasteiger partial charge in [-0.1, -0.05) is 18.2 Å². The topological polar surface area (TPSA) is 47.6 Å². The second-order valence-corrected chi connectivity index (χ2v) is 4.10. The number of ether oxygens (including phenoxy) is 2. The summed E-state index contributed by atoms with van der Waals surface area (Å²) in [4.78, 5) is 11.8. The minimum atomic E-state index is -0.149. The zero-order chi connectivity index (χ0) is 12.1. The molecule has 1 unspecified atom stereocenters. The van der Waals surface area contributed by atoms with Gasteiger partial charge < -0.3 is 14.8 Å². The number of carbonyl (C=O) groups excluding carboxylic acids is 1. The van der Waals surface area contributed by atoms with Crippen LogP contribution in [-0.2, 0) is 20.7 Å². The number of methoxy groups -OCH3 is 1. The van der Waals surface area contributed by atoms with Crippen LogP contribution in [0.1, 0.15) is 5.56 Å². The molecule has 1 atom stereocenters. The van der Waals surface area contributed by atoms with Crippen molar-refractivity contribution in [3.8, 4) is 0 Å². The first-order chi connectivity index (χ1) is 8.31. The van der Waals surface area contributed by atoms with Crippen LogP contribution in [0.25, 0.3) is 0 Å². The zero-order valence-electron chi connectivity index (χ0n) is 9.94. The highest BCUT2D eigenvalue weighted by Gasteiger charge is 2.25. The molecule has 1 aromatic rings. The third-order valence-corrected chi connectivity index (χ3v) is 2.89. The summed E-state index contributed by atoms with van der Waals surface area (Å²) in [6.07, 6.45) is 0.745. The molecule has 92 valence electrons. The molecule has 0 aromatic heterocycles. The normalized spacial score (nSPS) is 18.1. The maximum atomic E-state index is 11.8. The van der Waals surface area contributed by atoms with Crippen molar-refractivity contribution in [1.82, 2.24) is 0 Å². The van der Waals surface area contributed by atoms with E-state index in [1.54, 1.807) is 7.11 Å². The van der Waals surface area contributed by atoms with Crippen molar-refractivity contribution in [2.24, 2.45) is 5.92 Å². The number of fused-ring (bicyclic) bond motifs is 1. The molecule has 0 aliphatic carbocycles. The van der Waals surface area contributed by atoms with Gasteiger partial charge in [0, 0.05) is 19.3 Å². The van der Waals surface area contributed by atoms with E-state index < -0.39 is 0 Å². The number of esters is 1. The van der Waals surface area contributed by atoms with Gasteiger partial charge in [0.05, 0.1) is 12.5 Å². The molecule has 2 rings (SSSR count). The largest absolute Gasteiger partial charge is 0.463 e. The lowest BCUT2D eigenvalue weighted by Crippen LogP contribution is -2.31. The average molecular weight is 235 g/mol. The Balaban J connectivity index is 1.91. The third-order valence-electron chi connectivity index (χ3n) is 2.89. The van der Waals surface area contributed by atoms with Gasteiger partial charge in [-0.15, -0.1) is 0 Å². The van der Waals surface area contributed by atoms with E-state index in [0.29, 0.717) is 19.8 Å². The minimum Gasteiger partial charge on any atom is -0.463 e. The Labute approximate surface area is 101 Å². The van der Waals surface area contributed by atoms with Crippen LogP contribution in [0.15, 0.2) is 24.3 Å². The van der Waals surface area contributed by atoms with Gasteiger partial charge in [-0.25, -0.2) is 0 Å². The summed E-state index contributed by atoms with van der Waals surface area (Å²) >= 11 is 0. The molecule has 1 aromatic carbocycles. The number of rotatable bonds is 4. The average Bonchev–Trinajstić information content (AvgIpc) is 2.38. The molecule has 0 spiro atoms. The van der Waals surface area contributed by atoms with Gasteiger partial charge in [-0.2, -0.15) is 0 Å². The number of anilines is 1. The summed E-state index contributed by atoms with van der Waals surface area (Å²) in [7, 11) is 1.59. The highest BCUT2D eigenvalue weighted by atomic mass is 16.6. The monoisotopic (exact) mass is 235 g/mol. The Morgan fingerprint density at radius 2 is 2.24 bits per heavy atom. The molecular weight excluding hydrogens is 218 g/mol. The van der Waals surface area contributed by atoms with Crippen molar-refractivity contribution >= 4 is 11.7 Å². The SMILES string of the molecule is COCCOC(=O)C1CNc2ccccc2C1. The highest BCUT2D eigenvalue weighted by Crippen LogP contribution is 2.24. The number of carbonyl (C=O) groups is 1. The van der Waals surface area contributed by atoms with Crippen molar-refractivity contribution < 1.29 is 14.3 Å². The molecular formula is C13H17NO3. The summed E-state index contributed by atoms with van der Waals surface area (Å²) in [5.74, 6) is -0.245. The summed E-state index contributed by atoms with van der Waals surface area (Å²) in [6.45, 7) is 1.42. The lowest BCUT2D eigenvalue weighted by Gasteiger charge is -2.24. The molecule has 1 N–H and O–H groups in total. The molecule has 0 saturated heterocycles. The molecule has 4 heteroatoms. The van der Waals surface area contributed by atoms with E-state index in [9.17, 15) is 4.79 Å². The lowest BCUT2D eigenvalue weighted by molar-refractivity contribution is -0.149. The maximum Gasteiger partial charge on any atom is 0.311 e. The van der Waals surface area contributed by atoms with Crippen LogP contribution in [-0.4, -0.2) is 32.8 Å². The standard InChI is InChI=1S/C13H17NO3/c1-16-6-7-17-13(15)11-8-10-4-2-3-5-12(10)14-9-11/h2-5,11,14H,6-9H2,1H3. The quantitative estimate of drug-likeness (QED) is 0.634. The van der Waals surface area contributed by atoms with Gasteiger partial charge in [-0.3, -0.25) is 4.79 Å². The smallest absolute Gasteiger partial charge is 0.311 e. The fourth-order valence-corrected chi connectivity index (χ4v) is 1.95. The summed E-state index contributed by atoms with van der Waals surface area (Å²) in [5, 5.41) is 3.25. The molecule has 0 radical (unpaired) electrons. The second kappa shape index (κ2) is 5.68. The zero-order valence-corrected chi connectivity index (χ0v) is 9.94. The van der Waals surface area contributed by atoms with Crippen molar-refractivity contribution in [2.75, 3.05) is 32.2 Å². The van der Waals surface area contributed by atoms with Crippen LogP contribution in [0.2, 0.25) is 0 Å². The van der Waals surface area contributed by atoms with E-state index in [1.807, 2.05) is 24.3 Å². The number of para-hydroxylation sites is 1. The Bertz CT molecular complexity index is 392. The molecule has 4 nitrogen and oxygen atoms in total. The molecule has 0 saturated carbocycles. The first kappa shape index (κ1) is 11.9. The van der Waals surface area contributed by atoms with Crippen LogP contribution in [0.3, 0.4) is 0 Å². The van der Waals surface area contributed by atoms with E-state index in [4.69, 9.17) is 9.47 Å². The van der Waals surface area contributed by atoms with Crippen molar-refractivity contribution in [3.63, 3.8) is 0 Å².